The molecule has 4 rings (SSSR count). The molecule has 4 nitrogen and oxygen atoms in total. The maximum atomic E-state index is 4.76. The molecule has 0 saturated heterocycles. The Labute approximate surface area is 137 Å². The number of thiophene rings is 1. The van der Waals surface area contributed by atoms with Crippen molar-refractivity contribution in [2.75, 3.05) is 5.32 Å². The lowest BCUT2D eigenvalue weighted by Crippen LogP contribution is -2.06. The summed E-state index contributed by atoms with van der Waals surface area (Å²) in [5.41, 5.74) is 4.21. The standard InChI is InChI=1S/C16H16N4S2/c1-9-10(2)22-15(18-9)14-13(11-5-6-21-8-11)7-17-16(20-14)19-12-3-4-12/h5-8,12H,3-4H2,1-2H3,(H,17,19,20). The van der Waals surface area contributed by atoms with E-state index in [-0.39, 0.29) is 0 Å². The predicted molar refractivity (Wildman–Crippen MR) is 92.6 cm³/mol. The average Bonchev–Trinajstić information content (AvgIpc) is 3.03. The summed E-state index contributed by atoms with van der Waals surface area (Å²) in [6, 6.07) is 2.65. The molecular weight excluding hydrogens is 312 g/mol. The molecule has 1 fully saturated rings. The number of rotatable bonds is 4. The summed E-state index contributed by atoms with van der Waals surface area (Å²) < 4.78 is 0. The molecule has 22 heavy (non-hydrogen) atoms. The van der Waals surface area contributed by atoms with E-state index in [1.165, 1.54) is 17.7 Å². The second kappa shape index (κ2) is 5.44. The number of aryl methyl sites for hydroxylation is 2. The third-order valence-electron chi connectivity index (χ3n) is 3.76. The smallest absolute Gasteiger partial charge is 0.223 e. The molecule has 112 valence electrons. The van der Waals surface area contributed by atoms with Gasteiger partial charge in [-0.05, 0) is 49.1 Å². The zero-order valence-corrected chi connectivity index (χ0v) is 14.1. The van der Waals surface area contributed by atoms with Gasteiger partial charge in [-0.15, -0.1) is 11.3 Å². The Kier molecular flexibility index (Phi) is 3.43. The van der Waals surface area contributed by atoms with Crippen LogP contribution in [-0.2, 0) is 0 Å². The van der Waals surface area contributed by atoms with E-state index < -0.39 is 0 Å². The minimum absolute atomic E-state index is 0.541. The molecule has 1 aliphatic carbocycles. The lowest BCUT2D eigenvalue weighted by Gasteiger charge is -2.08. The first-order chi connectivity index (χ1) is 10.7. The Morgan fingerprint density at radius 2 is 2.09 bits per heavy atom. The normalized spacial score (nSPS) is 14.3. The Morgan fingerprint density at radius 3 is 2.73 bits per heavy atom. The third kappa shape index (κ3) is 2.64. The second-order valence-electron chi connectivity index (χ2n) is 5.55. The lowest BCUT2D eigenvalue weighted by atomic mass is 10.1. The first-order valence-electron chi connectivity index (χ1n) is 7.31. The Morgan fingerprint density at radius 1 is 1.23 bits per heavy atom. The van der Waals surface area contributed by atoms with Gasteiger partial charge in [0.25, 0.3) is 0 Å². The topological polar surface area (TPSA) is 50.7 Å². The first-order valence-corrected chi connectivity index (χ1v) is 9.07. The van der Waals surface area contributed by atoms with Crippen LogP contribution in [-0.4, -0.2) is 21.0 Å². The number of nitrogens with zero attached hydrogens (tertiary/aromatic N) is 3. The predicted octanol–water partition coefficient (Wildman–Crippen LogP) is 4.52. The fourth-order valence-corrected chi connectivity index (χ4v) is 3.80. The Bertz CT molecular complexity index is 784. The zero-order chi connectivity index (χ0) is 15.1. The second-order valence-corrected chi connectivity index (χ2v) is 7.53. The summed E-state index contributed by atoms with van der Waals surface area (Å²) in [7, 11) is 0. The van der Waals surface area contributed by atoms with E-state index in [4.69, 9.17) is 9.97 Å². The van der Waals surface area contributed by atoms with Gasteiger partial charge in [0, 0.05) is 22.7 Å². The molecule has 1 saturated carbocycles. The van der Waals surface area contributed by atoms with Crippen molar-refractivity contribution >= 4 is 28.6 Å². The molecular formula is C16H16N4S2. The molecule has 0 aliphatic heterocycles. The van der Waals surface area contributed by atoms with Crippen molar-refractivity contribution in [3.05, 3.63) is 33.6 Å². The van der Waals surface area contributed by atoms with E-state index in [1.807, 2.05) is 13.1 Å². The lowest BCUT2D eigenvalue weighted by molar-refractivity contribution is 1.05. The van der Waals surface area contributed by atoms with Crippen molar-refractivity contribution in [3.8, 4) is 21.8 Å². The molecule has 6 heteroatoms. The van der Waals surface area contributed by atoms with Crippen LogP contribution in [0.1, 0.15) is 23.4 Å². The fraction of sp³-hybridized carbons (Fsp3) is 0.312. The number of anilines is 1. The molecule has 0 aromatic carbocycles. The summed E-state index contributed by atoms with van der Waals surface area (Å²) in [5, 5.41) is 8.55. The van der Waals surface area contributed by atoms with Gasteiger partial charge in [-0.2, -0.15) is 11.3 Å². The quantitative estimate of drug-likeness (QED) is 0.765. The largest absolute Gasteiger partial charge is 0.351 e. The maximum Gasteiger partial charge on any atom is 0.223 e. The van der Waals surface area contributed by atoms with E-state index in [2.05, 4.69) is 34.1 Å². The SMILES string of the molecule is Cc1nc(-c2nc(NC3CC3)ncc2-c2ccsc2)sc1C. The van der Waals surface area contributed by atoms with Crippen LogP contribution >= 0.6 is 22.7 Å². The summed E-state index contributed by atoms with van der Waals surface area (Å²) in [4.78, 5) is 15.2. The van der Waals surface area contributed by atoms with E-state index in [1.54, 1.807) is 22.7 Å². The van der Waals surface area contributed by atoms with Gasteiger partial charge in [0.2, 0.25) is 5.95 Å². The van der Waals surface area contributed by atoms with Crippen LogP contribution in [0.5, 0.6) is 0 Å². The number of nitrogens with one attached hydrogen (secondary N) is 1. The zero-order valence-electron chi connectivity index (χ0n) is 12.5. The van der Waals surface area contributed by atoms with Crippen LogP contribution < -0.4 is 5.32 Å². The molecule has 0 atom stereocenters. The highest BCUT2D eigenvalue weighted by Gasteiger charge is 2.23. The van der Waals surface area contributed by atoms with Gasteiger partial charge in [0.1, 0.15) is 10.7 Å². The molecule has 0 amide bonds. The van der Waals surface area contributed by atoms with Crippen LogP contribution in [0.2, 0.25) is 0 Å². The van der Waals surface area contributed by atoms with Crippen LogP contribution in [0, 0.1) is 13.8 Å². The van der Waals surface area contributed by atoms with E-state index >= 15 is 0 Å². The molecule has 3 aromatic rings. The van der Waals surface area contributed by atoms with Gasteiger partial charge < -0.3 is 5.32 Å². The van der Waals surface area contributed by atoms with Gasteiger partial charge >= 0.3 is 0 Å². The van der Waals surface area contributed by atoms with Crippen molar-refractivity contribution in [1.82, 2.24) is 15.0 Å². The van der Waals surface area contributed by atoms with E-state index in [0.29, 0.717) is 12.0 Å². The molecule has 1 N–H and O–H groups in total. The first kappa shape index (κ1) is 13.8. The van der Waals surface area contributed by atoms with Crippen molar-refractivity contribution < 1.29 is 0 Å². The highest BCUT2D eigenvalue weighted by molar-refractivity contribution is 7.15. The summed E-state index contributed by atoms with van der Waals surface area (Å²) in [5.74, 6) is 0.710. The molecule has 0 unspecified atom stereocenters. The fourth-order valence-electron chi connectivity index (χ4n) is 2.23. The summed E-state index contributed by atoms with van der Waals surface area (Å²) in [6.07, 6.45) is 4.34. The highest BCUT2D eigenvalue weighted by atomic mass is 32.1. The third-order valence-corrected chi connectivity index (χ3v) is 5.53. The van der Waals surface area contributed by atoms with Gasteiger partial charge in [-0.3, -0.25) is 0 Å². The Hall–Kier alpha value is -1.79. The van der Waals surface area contributed by atoms with Crippen LogP contribution in [0.25, 0.3) is 21.8 Å². The minimum atomic E-state index is 0.541. The number of thiazole rings is 1. The Balaban J connectivity index is 1.83. The van der Waals surface area contributed by atoms with Crippen LogP contribution in [0.3, 0.4) is 0 Å². The van der Waals surface area contributed by atoms with Crippen molar-refractivity contribution in [2.24, 2.45) is 0 Å². The molecule has 1 aliphatic rings. The summed E-state index contributed by atoms with van der Waals surface area (Å²) in [6.45, 7) is 4.15. The van der Waals surface area contributed by atoms with E-state index in [0.717, 1.165) is 27.5 Å². The van der Waals surface area contributed by atoms with Crippen molar-refractivity contribution in [2.45, 2.75) is 32.7 Å². The molecule has 0 bridgehead atoms. The van der Waals surface area contributed by atoms with Crippen LogP contribution in [0.15, 0.2) is 23.0 Å². The number of hydrogen-bond acceptors (Lipinski definition) is 6. The van der Waals surface area contributed by atoms with Gasteiger partial charge in [-0.1, -0.05) is 0 Å². The summed E-state index contributed by atoms with van der Waals surface area (Å²) >= 11 is 3.38. The highest BCUT2D eigenvalue weighted by Crippen LogP contribution is 2.35. The van der Waals surface area contributed by atoms with Crippen LogP contribution in [0.4, 0.5) is 5.95 Å². The van der Waals surface area contributed by atoms with Crippen molar-refractivity contribution in [3.63, 3.8) is 0 Å². The number of aromatic nitrogens is 3. The van der Waals surface area contributed by atoms with Gasteiger partial charge in [0.05, 0.1) is 5.69 Å². The van der Waals surface area contributed by atoms with Crippen molar-refractivity contribution in [1.29, 1.82) is 0 Å². The molecule has 0 radical (unpaired) electrons. The monoisotopic (exact) mass is 328 g/mol. The average molecular weight is 328 g/mol. The minimum Gasteiger partial charge on any atom is -0.351 e. The molecule has 3 heterocycles. The maximum absolute atomic E-state index is 4.76. The van der Waals surface area contributed by atoms with Gasteiger partial charge in [0.15, 0.2) is 0 Å². The molecule has 3 aromatic heterocycles. The molecule has 0 spiro atoms. The van der Waals surface area contributed by atoms with E-state index in [9.17, 15) is 0 Å². The number of hydrogen-bond donors (Lipinski definition) is 1. The van der Waals surface area contributed by atoms with Gasteiger partial charge in [-0.25, -0.2) is 15.0 Å².